The maximum Gasteiger partial charge on any atom is 0.255 e. The zero-order chi connectivity index (χ0) is 14.6. The molecule has 0 saturated carbocycles. The molecule has 0 aliphatic carbocycles. The highest BCUT2D eigenvalue weighted by Crippen LogP contribution is 2.30. The van der Waals surface area contributed by atoms with Gasteiger partial charge in [-0.3, -0.25) is 4.79 Å². The minimum Gasteiger partial charge on any atom is -0.384 e. The molecule has 1 fully saturated rings. The third-order valence-electron chi connectivity index (χ3n) is 3.91. The van der Waals surface area contributed by atoms with E-state index >= 15 is 0 Å². The molecule has 1 aromatic carbocycles. The van der Waals surface area contributed by atoms with Crippen molar-refractivity contribution in [3.63, 3.8) is 0 Å². The lowest BCUT2D eigenvalue weighted by Crippen LogP contribution is -2.43. The molecule has 20 heavy (non-hydrogen) atoms. The minimum absolute atomic E-state index is 0.164. The van der Waals surface area contributed by atoms with Crippen molar-refractivity contribution in [2.45, 2.75) is 40.0 Å². The Kier molecular flexibility index (Phi) is 4.69. The summed E-state index contributed by atoms with van der Waals surface area (Å²) in [4.78, 5) is 14.8. The minimum atomic E-state index is 0.164. The van der Waals surface area contributed by atoms with Gasteiger partial charge in [-0.15, -0.1) is 0 Å². The fraction of sp³-hybridized carbons (Fsp3) is 0.588. The van der Waals surface area contributed by atoms with Gasteiger partial charge in [0.2, 0.25) is 0 Å². The van der Waals surface area contributed by atoms with E-state index in [4.69, 9.17) is 0 Å². The lowest BCUT2D eigenvalue weighted by atomic mass is 9.84. The molecular formula is C17H26N2O. The number of likely N-dealkylation sites (tertiary alicyclic amines) is 1. The Bertz CT molecular complexity index is 468. The molecular weight excluding hydrogens is 248 g/mol. The lowest BCUT2D eigenvalue weighted by molar-refractivity contribution is 0.0584. The number of nitrogens with zero attached hydrogens (tertiary/aromatic N) is 1. The highest BCUT2D eigenvalue weighted by molar-refractivity contribution is 5.99. The van der Waals surface area contributed by atoms with Crippen LogP contribution < -0.4 is 5.32 Å². The number of carbonyl (C=O) groups excluding carboxylic acids is 1. The van der Waals surface area contributed by atoms with Crippen molar-refractivity contribution in [1.29, 1.82) is 0 Å². The van der Waals surface area contributed by atoms with E-state index in [1.54, 1.807) is 0 Å². The molecule has 3 heteroatoms. The first-order chi connectivity index (χ1) is 9.53. The van der Waals surface area contributed by atoms with Crippen LogP contribution in [-0.4, -0.2) is 30.4 Å². The van der Waals surface area contributed by atoms with Crippen molar-refractivity contribution >= 4 is 11.6 Å². The molecule has 3 nitrogen and oxygen atoms in total. The van der Waals surface area contributed by atoms with Gasteiger partial charge in [0.25, 0.3) is 5.91 Å². The number of rotatable bonds is 4. The van der Waals surface area contributed by atoms with Crippen LogP contribution in [-0.2, 0) is 0 Å². The maximum absolute atomic E-state index is 12.8. The van der Waals surface area contributed by atoms with Gasteiger partial charge in [0.15, 0.2) is 0 Å². The van der Waals surface area contributed by atoms with Gasteiger partial charge in [-0.25, -0.2) is 0 Å². The third-order valence-corrected chi connectivity index (χ3v) is 3.91. The van der Waals surface area contributed by atoms with E-state index in [2.05, 4.69) is 26.1 Å². The Morgan fingerprint density at radius 1 is 1.35 bits per heavy atom. The summed E-state index contributed by atoms with van der Waals surface area (Å²) in [5.74, 6) is 0.164. The predicted molar refractivity (Wildman–Crippen MR) is 84.1 cm³/mol. The number of hydrogen-bond acceptors (Lipinski definition) is 2. The Morgan fingerprint density at radius 2 is 2.10 bits per heavy atom. The van der Waals surface area contributed by atoms with E-state index in [1.807, 2.05) is 29.2 Å². The first-order valence-electron chi connectivity index (χ1n) is 7.66. The highest BCUT2D eigenvalue weighted by Gasteiger charge is 2.30. The van der Waals surface area contributed by atoms with Crippen LogP contribution in [0.15, 0.2) is 24.3 Å². The molecule has 0 spiro atoms. The van der Waals surface area contributed by atoms with Gasteiger partial charge in [-0.1, -0.05) is 32.9 Å². The van der Waals surface area contributed by atoms with E-state index < -0.39 is 0 Å². The van der Waals surface area contributed by atoms with E-state index in [9.17, 15) is 4.79 Å². The van der Waals surface area contributed by atoms with Crippen molar-refractivity contribution in [1.82, 2.24) is 4.90 Å². The molecule has 0 unspecified atom stereocenters. The van der Waals surface area contributed by atoms with Crippen molar-refractivity contribution in [2.75, 3.05) is 25.0 Å². The Hall–Kier alpha value is -1.51. The number of piperidine rings is 1. The van der Waals surface area contributed by atoms with Crippen LogP contribution in [0.3, 0.4) is 0 Å². The Morgan fingerprint density at radius 3 is 2.80 bits per heavy atom. The molecule has 1 aliphatic rings. The molecule has 1 aliphatic heterocycles. The summed E-state index contributed by atoms with van der Waals surface area (Å²) in [6.45, 7) is 9.25. The Balaban J connectivity index is 2.16. The molecule has 2 rings (SSSR count). The number of amides is 1. The predicted octanol–water partition coefficient (Wildman–Crippen LogP) is 3.77. The van der Waals surface area contributed by atoms with Gasteiger partial charge < -0.3 is 10.2 Å². The van der Waals surface area contributed by atoms with E-state index in [-0.39, 0.29) is 11.3 Å². The van der Waals surface area contributed by atoms with Gasteiger partial charge >= 0.3 is 0 Å². The van der Waals surface area contributed by atoms with Gasteiger partial charge in [0.05, 0.1) is 5.56 Å². The van der Waals surface area contributed by atoms with Gasteiger partial charge in [0.1, 0.15) is 0 Å². The van der Waals surface area contributed by atoms with Crippen LogP contribution >= 0.6 is 0 Å². The molecule has 1 heterocycles. The number of anilines is 1. The number of para-hydroxylation sites is 1. The second-order valence-electron chi connectivity index (χ2n) is 6.47. The molecule has 110 valence electrons. The largest absolute Gasteiger partial charge is 0.384 e. The summed E-state index contributed by atoms with van der Waals surface area (Å²) in [7, 11) is 0. The summed E-state index contributed by atoms with van der Waals surface area (Å²) in [5.41, 5.74) is 2.00. The van der Waals surface area contributed by atoms with Crippen molar-refractivity contribution in [2.24, 2.45) is 5.41 Å². The standard InChI is InChI=1S/C17H26N2O/c1-4-11-18-15-9-6-5-8-14(15)16(20)19-12-7-10-17(2,3)13-19/h5-6,8-9,18H,4,7,10-13H2,1-3H3. The topological polar surface area (TPSA) is 32.3 Å². The third kappa shape index (κ3) is 3.53. The molecule has 0 bridgehead atoms. The fourth-order valence-corrected chi connectivity index (χ4v) is 2.85. The second-order valence-corrected chi connectivity index (χ2v) is 6.47. The monoisotopic (exact) mass is 274 g/mol. The van der Waals surface area contributed by atoms with Crippen LogP contribution in [0.1, 0.15) is 50.4 Å². The number of nitrogens with one attached hydrogen (secondary N) is 1. The number of hydrogen-bond donors (Lipinski definition) is 1. The first kappa shape index (κ1) is 14.9. The van der Waals surface area contributed by atoms with Crippen molar-refractivity contribution in [3.8, 4) is 0 Å². The number of carbonyl (C=O) groups is 1. The van der Waals surface area contributed by atoms with E-state index in [0.29, 0.717) is 0 Å². The molecule has 0 atom stereocenters. The van der Waals surface area contributed by atoms with Gasteiger partial charge in [-0.05, 0) is 36.8 Å². The molecule has 1 N–H and O–H groups in total. The Labute approximate surface area is 122 Å². The van der Waals surface area contributed by atoms with Crippen LogP contribution in [0.5, 0.6) is 0 Å². The van der Waals surface area contributed by atoms with Gasteiger partial charge in [0, 0.05) is 25.3 Å². The molecule has 1 saturated heterocycles. The molecule has 0 aromatic heterocycles. The molecule has 1 aromatic rings. The average molecular weight is 274 g/mol. The quantitative estimate of drug-likeness (QED) is 0.906. The van der Waals surface area contributed by atoms with Crippen LogP contribution in [0, 0.1) is 5.41 Å². The lowest BCUT2D eigenvalue weighted by Gasteiger charge is -2.38. The molecule has 0 radical (unpaired) electrons. The number of benzene rings is 1. The fourth-order valence-electron chi connectivity index (χ4n) is 2.85. The first-order valence-corrected chi connectivity index (χ1v) is 7.66. The smallest absolute Gasteiger partial charge is 0.255 e. The van der Waals surface area contributed by atoms with Crippen molar-refractivity contribution < 1.29 is 4.79 Å². The van der Waals surface area contributed by atoms with E-state index in [0.717, 1.165) is 43.7 Å². The van der Waals surface area contributed by atoms with Crippen LogP contribution in [0.2, 0.25) is 0 Å². The van der Waals surface area contributed by atoms with Crippen LogP contribution in [0.25, 0.3) is 0 Å². The summed E-state index contributed by atoms with van der Waals surface area (Å²) in [6, 6.07) is 7.86. The van der Waals surface area contributed by atoms with E-state index in [1.165, 1.54) is 6.42 Å². The zero-order valence-electron chi connectivity index (χ0n) is 12.9. The summed E-state index contributed by atoms with van der Waals surface area (Å²) in [5, 5.41) is 3.36. The average Bonchev–Trinajstić information content (AvgIpc) is 2.43. The van der Waals surface area contributed by atoms with Crippen LogP contribution in [0.4, 0.5) is 5.69 Å². The van der Waals surface area contributed by atoms with Gasteiger partial charge in [-0.2, -0.15) is 0 Å². The summed E-state index contributed by atoms with van der Waals surface area (Å²) < 4.78 is 0. The summed E-state index contributed by atoms with van der Waals surface area (Å²) >= 11 is 0. The SMILES string of the molecule is CCCNc1ccccc1C(=O)N1CCCC(C)(C)C1. The second kappa shape index (κ2) is 6.29. The van der Waals surface area contributed by atoms with Crippen molar-refractivity contribution in [3.05, 3.63) is 29.8 Å². The highest BCUT2D eigenvalue weighted by atomic mass is 16.2. The maximum atomic E-state index is 12.8. The zero-order valence-corrected chi connectivity index (χ0v) is 12.9. The summed E-state index contributed by atoms with van der Waals surface area (Å²) in [6.07, 6.45) is 3.36. The normalized spacial score (nSPS) is 17.9. The molecule has 1 amide bonds.